The number of benzene rings is 1. The Hall–Kier alpha value is -1.66. The van der Waals surface area contributed by atoms with Crippen LogP contribution in [-0.2, 0) is 4.79 Å². The van der Waals surface area contributed by atoms with Crippen LogP contribution in [0.2, 0.25) is 0 Å². The van der Waals surface area contributed by atoms with Crippen LogP contribution in [0.15, 0.2) is 18.2 Å². The first-order valence-corrected chi connectivity index (χ1v) is 4.93. The van der Waals surface area contributed by atoms with E-state index in [0.717, 1.165) is 25.2 Å². The molecule has 18 heavy (non-hydrogen) atoms. The summed E-state index contributed by atoms with van der Waals surface area (Å²) in [6, 6.07) is 1.67. The van der Waals surface area contributed by atoms with Gasteiger partial charge in [-0.3, -0.25) is 4.79 Å². The highest BCUT2D eigenvalue weighted by atomic mass is 19.4. The molecule has 0 aliphatic carbocycles. The van der Waals surface area contributed by atoms with Crippen molar-refractivity contribution in [1.82, 2.24) is 4.90 Å². The Bertz CT molecular complexity index is 457. The third kappa shape index (κ3) is 2.96. The lowest BCUT2D eigenvalue weighted by Crippen LogP contribution is -2.39. The second-order valence-corrected chi connectivity index (χ2v) is 3.76. The van der Waals surface area contributed by atoms with Crippen molar-refractivity contribution in [2.75, 3.05) is 7.05 Å². The maximum absolute atomic E-state index is 12.9. The average Bonchev–Trinajstić information content (AvgIpc) is 2.28. The van der Waals surface area contributed by atoms with Crippen LogP contribution < -0.4 is 0 Å². The zero-order chi connectivity index (χ0) is 14.1. The SMILES string of the molecule is CC(c1ccc(F)c(F)c1)N(C)C(=O)C(F)(F)F. The van der Waals surface area contributed by atoms with Gasteiger partial charge in [0.25, 0.3) is 0 Å². The number of amides is 1. The lowest BCUT2D eigenvalue weighted by atomic mass is 10.1. The van der Waals surface area contributed by atoms with Crippen molar-refractivity contribution in [3.05, 3.63) is 35.4 Å². The molecule has 0 fully saturated rings. The first-order chi connectivity index (χ1) is 8.14. The van der Waals surface area contributed by atoms with Crippen molar-refractivity contribution in [2.45, 2.75) is 19.1 Å². The molecule has 1 amide bonds. The molecule has 7 heteroatoms. The van der Waals surface area contributed by atoms with E-state index < -0.39 is 29.8 Å². The van der Waals surface area contributed by atoms with Gasteiger partial charge >= 0.3 is 12.1 Å². The summed E-state index contributed by atoms with van der Waals surface area (Å²) >= 11 is 0. The van der Waals surface area contributed by atoms with Gasteiger partial charge in [0.05, 0.1) is 6.04 Å². The zero-order valence-corrected chi connectivity index (χ0v) is 9.55. The van der Waals surface area contributed by atoms with Gasteiger partial charge in [-0.2, -0.15) is 13.2 Å². The number of carbonyl (C=O) groups is 1. The van der Waals surface area contributed by atoms with E-state index >= 15 is 0 Å². The summed E-state index contributed by atoms with van der Waals surface area (Å²) in [5.41, 5.74) is 0.0778. The van der Waals surface area contributed by atoms with Crippen molar-refractivity contribution < 1.29 is 26.7 Å². The zero-order valence-electron chi connectivity index (χ0n) is 9.55. The third-order valence-corrected chi connectivity index (χ3v) is 2.57. The molecule has 1 rings (SSSR count). The molecular weight excluding hydrogens is 257 g/mol. The van der Waals surface area contributed by atoms with E-state index in [1.54, 1.807) is 0 Å². The van der Waals surface area contributed by atoms with E-state index in [2.05, 4.69) is 0 Å². The van der Waals surface area contributed by atoms with Crippen molar-refractivity contribution in [3.8, 4) is 0 Å². The maximum Gasteiger partial charge on any atom is 0.471 e. The van der Waals surface area contributed by atoms with E-state index in [0.29, 0.717) is 4.90 Å². The van der Waals surface area contributed by atoms with Gasteiger partial charge in [0.15, 0.2) is 11.6 Å². The Morgan fingerprint density at radius 1 is 1.22 bits per heavy atom. The van der Waals surface area contributed by atoms with Crippen LogP contribution in [0.3, 0.4) is 0 Å². The Morgan fingerprint density at radius 3 is 2.22 bits per heavy atom. The number of hydrogen-bond donors (Lipinski definition) is 0. The van der Waals surface area contributed by atoms with Gasteiger partial charge in [-0.05, 0) is 24.6 Å². The van der Waals surface area contributed by atoms with Crippen molar-refractivity contribution in [3.63, 3.8) is 0 Å². The molecule has 0 radical (unpaired) electrons. The van der Waals surface area contributed by atoms with Gasteiger partial charge in [0, 0.05) is 7.05 Å². The van der Waals surface area contributed by atoms with Crippen molar-refractivity contribution >= 4 is 5.91 Å². The summed E-state index contributed by atoms with van der Waals surface area (Å²) in [5.74, 6) is -4.32. The first kappa shape index (κ1) is 14.4. The Balaban J connectivity index is 2.96. The predicted octanol–water partition coefficient (Wildman–Crippen LogP) is 3.05. The van der Waals surface area contributed by atoms with Gasteiger partial charge in [-0.1, -0.05) is 6.07 Å². The minimum atomic E-state index is -5.00. The van der Waals surface area contributed by atoms with E-state index in [1.165, 1.54) is 6.92 Å². The van der Waals surface area contributed by atoms with Crippen LogP contribution in [0.5, 0.6) is 0 Å². The monoisotopic (exact) mass is 267 g/mol. The molecule has 2 nitrogen and oxygen atoms in total. The number of rotatable bonds is 2. The van der Waals surface area contributed by atoms with Gasteiger partial charge in [0.1, 0.15) is 0 Å². The van der Waals surface area contributed by atoms with E-state index in [-0.39, 0.29) is 5.56 Å². The average molecular weight is 267 g/mol. The van der Waals surface area contributed by atoms with E-state index in [1.807, 2.05) is 0 Å². The number of alkyl halides is 3. The van der Waals surface area contributed by atoms with Crippen LogP contribution in [0.25, 0.3) is 0 Å². The lowest BCUT2D eigenvalue weighted by molar-refractivity contribution is -0.186. The highest BCUT2D eigenvalue weighted by molar-refractivity contribution is 5.82. The minimum Gasteiger partial charge on any atom is -0.331 e. The summed E-state index contributed by atoms with van der Waals surface area (Å²) in [6.45, 7) is 1.29. The summed E-state index contributed by atoms with van der Waals surface area (Å²) in [6.07, 6.45) is -5.00. The second-order valence-electron chi connectivity index (χ2n) is 3.76. The molecule has 0 bridgehead atoms. The third-order valence-electron chi connectivity index (χ3n) is 2.57. The molecule has 1 aromatic rings. The molecule has 0 heterocycles. The van der Waals surface area contributed by atoms with Gasteiger partial charge < -0.3 is 4.90 Å². The summed E-state index contributed by atoms with van der Waals surface area (Å²) in [4.78, 5) is 11.4. The largest absolute Gasteiger partial charge is 0.471 e. The van der Waals surface area contributed by atoms with Gasteiger partial charge in [-0.25, -0.2) is 8.78 Å². The summed E-state index contributed by atoms with van der Waals surface area (Å²) in [7, 11) is 0.946. The van der Waals surface area contributed by atoms with Gasteiger partial charge in [0.2, 0.25) is 0 Å². The van der Waals surface area contributed by atoms with Crippen molar-refractivity contribution in [1.29, 1.82) is 0 Å². The van der Waals surface area contributed by atoms with Crippen molar-refractivity contribution in [2.24, 2.45) is 0 Å². The molecule has 0 spiro atoms. The first-order valence-electron chi connectivity index (χ1n) is 4.93. The fourth-order valence-corrected chi connectivity index (χ4v) is 1.37. The smallest absolute Gasteiger partial charge is 0.331 e. The topological polar surface area (TPSA) is 20.3 Å². The fraction of sp³-hybridized carbons (Fsp3) is 0.364. The molecule has 1 atom stereocenters. The molecule has 0 saturated heterocycles. The number of hydrogen-bond acceptors (Lipinski definition) is 1. The van der Waals surface area contributed by atoms with Crippen LogP contribution in [0, 0.1) is 11.6 Å². The van der Waals surface area contributed by atoms with Gasteiger partial charge in [-0.15, -0.1) is 0 Å². The number of nitrogens with zero attached hydrogens (tertiary/aromatic N) is 1. The number of carbonyl (C=O) groups excluding carboxylic acids is 1. The molecule has 1 aromatic carbocycles. The molecule has 1 unspecified atom stereocenters. The molecule has 100 valence electrons. The van der Waals surface area contributed by atoms with Crippen LogP contribution in [0.1, 0.15) is 18.5 Å². The Kier molecular flexibility index (Phi) is 3.93. The highest BCUT2D eigenvalue weighted by Gasteiger charge is 2.42. The standard InChI is InChI=1S/C11H10F5NO/c1-6(17(2)10(18)11(14,15)16)7-3-4-8(12)9(13)5-7/h3-6H,1-2H3. The van der Waals surface area contributed by atoms with E-state index in [9.17, 15) is 26.7 Å². The highest BCUT2D eigenvalue weighted by Crippen LogP contribution is 2.26. The molecule has 0 aliphatic heterocycles. The molecule has 0 saturated carbocycles. The fourth-order valence-electron chi connectivity index (χ4n) is 1.37. The minimum absolute atomic E-state index is 0.0778. The number of halogens is 5. The second kappa shape index (κ2) is 4.91. The molecule has 0 N–H and O–H groups in total. The lowest BCUT2D eigenvalue weighted by Gasteiger charge is -2.26. The predicted molar refractivity (Wildman–Crippen MR) is 53.6 cm³/mol. The Morgan fingerprint density at radius 2 is 1.78 bits per heavy atom. The molecule has 0 aromatic heterocycles. The summed E-state index contributed by atoms with van der Waals surface area (Å²) < 4.78 is 62.2. The maximum atomic E-state index is 12.9. The van der Waals surface area contributed by atoms with Crippen LogP contribution in [-0.4, -0.2) is 24.0 Å². The van der Waals surface area contributed by atoms with E-state index in [4.69, 9.17) is 0 Å². The normalized spacial score (nSPS) is 13.3. The quantitative estimate of drug-likeness (QED) is 0.754. The Labute approximate surface area is 100 Å². The summed E-state index contributed by atoms with van der Waals surface area (Å²) in [5, 5.41) is 0. The van der Waals surface area contributed by atoms with Crippen LogP contribution in [0.4, 0.5) is 22.0 Å². The molecular formula is C11H10F5NO. The molecule has 0 aliphatic rings. The van der Waals surface area contributed by atoms with Crippen LogP contribution >= 0.6 is 0 Å².